The largest absolute Gasteiger partial charge is 0.481 e. The van der Waals surface area contributed by atoms with Gasteiger partial charge >= 0.3 is 11.9 Å². The van der Waals surface area contributed by atoms with Gasteiger partial charge in [-0.3, -0.25) is 9.59 Å². The lowest BCUT2D eigenvalue weighted by Gasteiger charge is -2.42. The zero-order chi connectivity index (χ0) is 11.0. The second-order valence-corrected chi connectivity index (χ2v) is 4.82. The van der Waals surface area contributed by atoms with E-state index in [0.717, 1.165) is 19.3 Å². The van der Waals surface area contributed by atoms with Crippen LogP contribution in [0.5, 0.6) is 0 Å². The van der Waals surface area contributed by atoms with E-state index in [0.29, 0.717) is 12.8 Å². The molecule has 2 bridgehead atoms. The second-order valence-electron chi connectivity index (χ2n) is 4.82. The zero-order valence-electron chi connectivity index (χ0n) is 8.56. The Kier molecular flexibility index (Phi) is 2.67. The van der Waals surface area contributed by atoms with Gasteiger partial charge in [-0.05, 0) is 37.5 Å². The maximum Gasteiger partial charge on any atom is 0.307 e. The number of hydrogen-bond acceptors (Lipinski definition) is 2. The third-order valence-corrected chi connectivity index (χ3v) is 3.97. The van der Waals surface area contributed by atoms with Gasteiger partial charge in [0, 0.05) is 0 Å². The molecule has 2 aliphatic rings. The Hall–Kier alpha value is -1.06. The molecule has 4 nitrogen and oxygen atoms in total. The van der Waals surface area contributed by atoms with E-state index < -0.39 is 11.9 Å². The second kappa shape index (κ2) is 3.83. The van der Waals surface area contributed by atoms with E-state index in [-0.39, 0.29) is 23.7 Å². The van der Waals surface area contributed by atoms with Gasteiger partial charge in [0.25, 0.3) is 0 Å². The molecule has 2 saturated carbocycles. The molecule has 0 spiro atoms. The minimum absolute atomic E-state index is 0.0936. The minimum atomic E-state index is -0.754. The molecule has 0 aromatic rings. The summed E-state index contributed by atoms with van der Waals surface area (Å²) < 4.78 is 0. The van der Waals surface area contributed by atoms with Crippen molar-refractivity contribution >= 4 is 11.9 Å². The van der Waals surface area contributed by atoms with Crippen LogP contribution in [0.4, 0.5) is 0 Å². The fraction of sp³-hybridized carbons (Fsp3) is 0.818. The van der Waals surface area contributed by atoms with E-state index in [9.17, 15) is 9.59 Å². The van der Waals surface area contributed by atoms with E-state index in [2.05, 4.69) is 0 Å². The van der Waals surface area contributed by atoms with Gasteiger partial charge in [-0.2, -0.15) is 0 Å². The molecular formula is C11H16O4. The highest BCUT2D eigenvalue weighted by Crippen LogP contribution is 2.46. The average Bonchev–Trinajstić information content (AvgIpc) is 2.15. The summed E-state index contributed by atoms with van der Waals surface area (Å²) in [6.45, 7) is 0. The normalized spacial score (nSPS) is 39.7. The van der Waals surface area contributed by atoms with Gasteiger partial charge in [-0.1, -0.05) is 6.42 Å². The number of hydrogen-bond donors (Lipinski definition) is 2. The third kappa shape index (κ3) is 1.85. The first-order chi connectivity index (χ1) is 7.09. The Morgan fingerprint density at radius 2 is 1.47 bits per heavy atom. The number of aliphatic carboxylic acids is 2. The summed E-state index contributed by atoms with van der Waals surface area (Å²) in [5, 5.41) is 18.1. The Balaban J connectivity index is 2.15. The summed E-state index contributed by atoms with van der Waals surface area (Å²) in [5.74, 6) is -1.89. The molecule has 2 fully saturated rings. The van der Waals surface area contributed by atoms with E-state index in [4.69, 9.17) is 10.2 Å². The summed E-state index contributed by atoms with van der Waals surface area (Å²) in [6, 6.07) is 0. The van der Waals surface area contributed by atoms with Crippen molar-refractivity contribution in [2.45, 2.75) is 32.1 Å². The molecular weight excluding hydrogens is 196 g/mol. The van der Waals surface area contributed by atoms with Crippen LogP contribution >= 0.6 is 0 Å². The van der Waals surface area contributed by atoms with Crippen molar-refractivity contribution in [1.82, 2.24) is 0 Å². The lowest BCUT2D eigenvalue weighted by Crippen LogP contribution is -2.42. The van der Waals surface area contributed by atoms with E-state index in [1.54, 1.807) is 0 Å². The van der Waals surface area contributed by atoms with Crippen molar-refractivity contribution in [2.75, 3.05) is 0 Å². The van der Waals surface area contributed by atoms with Crippen molar-refractivity contribution < 1.29 is 19.8 Å². The first kappa shape index (κ1) is 10.5. The van der Waals surface area contributed by atoms with Gasteiger partial charge < -0.3 is 10.2 Å². The van der Waals surface area contributed by atoms with Crippen LogP contribution in [0.25, 0.3) is 0 Å². The molecule has 2 N–H and O–H groups in total. The first-order valence-electron chi connectivity index (χ1n) is 5.55. The van der Waals surface area contributed by atoms with Crippen LogP contribution in [0.1, 0.15) is 32.1 Å². The quantitative estimate of drug-likeness (QED) is 0.729. The average molecular weight is 212 g/mol. The van der Waals surface area contributed by atoms with Gasteiger partial charge in [0.2, 0.25) is 0 Å². The SMILES string of the molecule is O=C(O)C1CC2CCCC(C1)C2C(=O)O. The van der Waals surface area contributed by atoms with Crippen LogP contribution in [0.15, 0.2) is 0 Å². The van der Waals surface area contributed by atoms with Gasteiger partial charge in [0.05, 0.1) is 11.8 Å². The minimum Gasteiger partial charge on any atom is -0.481 e. The van der Waals surface area contributed by atoms with Gasteiger partial charge in [0.1, 0.15) is 0 Å². The van der Waals surface area contributed by atoms with E-state index in [1.165, 1.54) is 0 Å². The molecule has 15 heavy (non-hydrogen) atoms. The molecule has 0 aliphatic heterocycles. The number of carboxylic acids is 2. The smallest absolute Gasteiger partial charge is 0.307 e. The lowest BCUT2D eigenvalue weighted by molar-refractivity contribution is -0.156. The molecule has 0 radical (unpaired) electrons. The standard InChI is InChI=1S/C11H16O4/c12-10(13)8-4-6-2-1-3-7(5-8)9(6)11(14)15/h6-9H,1-5H2,(H,12,13)(H,14,15). The topological polar surface area (TPSA) is 74.6 Å². The van der Waals surface area contributed by atoms with Gasteiger partial charge in [-0.15, -0.1) is 0 Å². The fourth-order valence-electron chi connectivity index (χ4n) is 3.35. The highest BCUT2D eigenvalue weighted by molar-refractivity contribution is 5.73. The Morgan fingerprint density at radius 1 is 0.933 bits per heavy atom. The van der Waals surface area contributed by atoms with E-state index >= 15 is 0 Å². The van der Waals surface area contributed by atoms with Crippen molar-refractivity contribution in [3.05, 3.63) is 0 Å². The highest BCUT2D eigenvalue weighted by Gasteiger charge is 2.45. The zero-order valence-corrected chi connectivity index (χ0v) is 8.56. The van der Waals surface area contributed by atoms with Crippen molar-refractivity contribution in [2.24, 2.45) is 23.7 Å². The van der Waals surface area contributed by atoms with E-state index in [1.807, 2.05) is 0 Å². The predicted octanol–water partition coefficient (Wildman–Crippen LogP) is 1.60. The van der Waals surface area contributed by atoms with Gasteiger partial charge in [0.15, 0.2) is 0 Å². The number of rotatable bonds is 2. The van der Waals surface area contributed by atoms with Crippen molar-refractivity contribution in [3.63, 3.8) is 0 Å². The van der Waals surface area contributed by atoms with Crippen LogP contribution in [0.2, 0.25) is 0 Å². The number of carboxylic acid groups (broad SMARTS) is 2. The molecule has 0 aromatic carbocycles. The number of fused-ring (bicyclic) bond motifs is 2. The van der Waals surface area contributed by atoms with Crippen LogP contribution < -0.4 is 0 Å². The fourth-order valence-corrected chi connectivity index (χ4v) is 3.35. The summed E-state index contributed by atoms with van der Waals surface area (Å²) in [6.07, 6.45) is 3.95. The van der Waals surface area contributed by atoms with Gasteiger partial charge in [-0.25, -0.2) is 0 Å². The third-order valence-electron chi connectivity index (χ3n) is 3.97. The molecule has 0 heterocycles. The Morgan fingerprint density at radius 3 is 1.87 bits per heavy atom. The van der Waals surface area contributed by atoms with Crippen LogP contribution in [0.3, 0.4) is 0 Å². The first-order valence-corrected chi connectivity index (χ1v) is 5.55. The number of carbonyl (C=O) groups is 2. The monoisotopic (exact) mass is 212 g/mol. The van der Waals surface area contributed by atoms with Crippen LogP contribution in [-0.4, -0.2) is 22.2 Å². The van der Waals surface area contributed by atoms with Crippen molar-refractivity contribution in [1.29, 1.82) is 0 Å². The Bertz CT molecular complexity index is 272. The molecule has 2 atom stereocenters. The maximum absolute atomic E-state index is 11.1. The summed E-state index contributed by atoms with van der Waals surface area (Å²) in [4.78, 5) is 22.0. The highest BCUT2D eigenvalue weighted by atomic mass is 16.4. The Labute approximate surface area is 88.3 Å². The summed E-state index contributed by atoms with van der Waals surface area (Å²) in [5.41, 5.74) is 0. The van der Waals surface area contributed by atoms with Crippen molar-refractivity contribution in [3.8, 4) is 0 Å². The lowest BCUT2D eigenvalue weighted by atomic mass is 9.61. The maximum atomic E-state index is 11.1. The molecule has 4 heteroatoms. The van der Waals surface area contributed by atoms with Crippen LogP contribution in [0, 0.1) is 23.7 Å². The molecule has 0 amide bonds. The summed E-state index contributed by atoms with van der Waals surface area (Å²) >= 11 is 0. The molecule has 2 aliphatic carbocycles. The molecule has 2 unspecified atom stereocenters. The molecule has 84 valence electrons. The summed E-state index contributed by atoms with van der Waals surface area (Å²) in [7, 11) is 0. The van der Waals surface area contributed by atoms with Crippen LogP contribution in [-0.2, 0) is 9.59 Å². The molecule has 0 aromatic heterocycles. The molecule has 2 rings (SSSR count). The molecule has 0 saturated heterocycles. The predicted molar refractivity (Wildman–Crippen MR) is 52.3 cm³/mol.